The molecule has 0 saturated carbocycles. The molecule has 0 atom stereocenters. The molecule has 0 bridgehead atoms. The molecule has 2 aromatic rings. The molecule has 8 heteroatoms. The first-order valence-electron chi connectivity index (χ1n) is 9.70. The van der Waals surface area contributed by atoms with Crippen LogP contribution in [-0.4, -0.2) is 27.0 Å². The Kier molecular flexibility index (Phi) is 7.50. The van der Waals surface area contributed by atoms with E-state index in [1.807, 2.05) is 32.0 Å². The van der Waals surface area contributed by atoms with Crippen LogP contribution in [0.5, 0.6) is 0 Å². The second-order valence-electron chi connectivity index (χ2n) is 7.69. The zero-order chi connectivity index (χ0) is 22.3. The third-order valence-electron chi connectivity index (χ3n) is 4.56. The van der Waals surface area contributed by atoms with Crippen molar-refractivity contribution in [2.24, 2.45) is 5.73 Å². The van der Waals surface area contributed by atoms with Crippen molar-refractivity contribution < 1.29 is 14.7 Å². The number of nitrogens with two attached hydrogens (primary N) is 1. The molecule has 5 N–H and O–H groups in total. The number of H-pyrrole nitrogens is 1. The number of amides is 1. The smallest absolute Gasteiger partial charge is 0.300 e. The average Bonchev–Trinajstić information content (AvgIpc) is 3.17. The van der Waals surface area contributed by atoms with E-state index in [2.05, 4.69) is 27.4 Å². The third-order valence-corrected chi connectivity index (χ3v) is 4.56. The molecule has 1 aliphatic carbocycles. The van der Waals surface area contributed by atoms with Gasteiger partial charge in [0.2, 0.25) is 0 Å². The monoisotopic (exact) mass is 409 g/mol. The molecule has 158 valence electrons. The summed E-state index contributed by atoms with van der Waals surface area (Å²) in [5.41, 5.74) is 10.0. The Balaban J connectivity index is 0.000000735. The highest BCUT2D eigenvalue weighted by molar-refractivity contribution is 6.03. The van der Waals surface area contributed by atoms with Crippen molar-refractivity contribution in [1.82, 2.24) is 9.97 Å². The predicted octanol–water partition coefficient (Wildman–Crippen LogP) is 3.78. The molecule has 1 heterocycles. The number of hydrogen-bond acceptors (Lipinski definition) is 5. The van der Waals surface area contributed by atoms with Crippen molar-refractivity contribution in [2.45, 2.75) is 52.0 Å². The van der Waals surface area contributed by atoms with E-state index in [-0.39, 0.29) is 17.4 Å². The van der Waals surface area contributed by atoms with E-state index in [9.17, 15) is 4.79 Å². The van der Waals surface area contributed by atoms with E-state index < -0.39 is 11.5 Å². The summed E-state index contributed by atoms with van der Waals surface area (Å²) in [7, 11) is 0. The van der Waals surface area contributed by atoms with Gasteiger partial charge >= 0.3 is 0 Å². The first-order chi connectivity index (χ1) is 14.1. The zero-order valence-corrected chi connectivity index (χ0v) is 17.5. The van der Waals surface area contributed by atoms with Crippen LogP contribution in [0.25, 0.3) is 5.57 Å². The second-order valence-corrected chi connectivity index (χ2v) is 7.69. The summed E-state index contributed by atoms with van der Waals surface area (Å²) in [6.07, 6.45) is 7.94. The largest absolute Gasteiger partial charge is 0.481 e. The summed E-state index contributed by atoms with van der Waals surface area (Å²) in [6, 6.07) is 7.82. The van der Waals surface area contributed by atoms with Crippen molar-refractivity contribution in [2.75, 3.05) is 5.32 Å². The number of rotatable bonds is 4. The van der Waals surface area contributed by atoms with E-state index in [0.717, 1.165) is 43.0 Å². The van der Waals surface area contributed by atoms with Gasteiger partial charge in [-0.2, -0.15) is 5.26 Å². The van der Waals surface area contributed by atoms with Gasteiger partial charge in [0.25, 0.3) is 11.9 Å². The number of carboxylic acid groups (broad SMARTS) is 1. The third kappa shape index (κ3) is 6.29. The summed E-state index contributed by atoms with van der Waals surface area (Å²) in [5.74, 6) is -1.09. The van der Waals surface area contributed by atoms with Crippen LogP contribution in [0, 0.1) is 11.3 Å². The Morgan fingerprint density at radius 3 is 2.57 bits per heavy atom. The molecule has 0 saturated heterocycles. The van der Waals surface area contributed by atoms with Gasteiger partial charge in [-0.1, -0.05) is 12.1 Å². The van der Waals surface area contributed by atoms with Crippen LogP contribution in [-0.2, 0) is 10.3 Å². The van der Waals surface area contributed by atoms with Crippen molar-refractivity contribution in [3.63, 3.8) is 0 Å². The molecule has 8 nitrogen and oxygen atoms in total. The number of imidazole rings is 1. The van der Waals surface area contributed by atoms with Gasteiger partial charge in [0.15, 0.2) is 5.82 Å². The summed E-state index contributed by atoms with van der Waals surface area (Å²) < 4.78 is 0. The predicted molar refractivity (Wildman–Crippen MR) is 115 cm³/mol. The topological polar surface area (TPSA) is 145 Å². The minimum atomic E-state index is -0.833. The van der Waals surface area contributed by atoms with E-state index in [1.54, 1.807) is 0 Å². The number of anilines is 1. The van der Waals surface area contributed by atoms with Gasteiger partial charge in [0.05, 0.1) is 6.20 Å². The zero-order valence-electron chi connectivity index (χ0n) is 17.5. The lowest BCUT2D eigenvalue weighted by Crippen LogP contribution is -2.28. The number of carboxylic acids is 1. The number of hydrogen-bond donors (Lipinski definition) is 4. The number of nitrogens with one attached hydrogen (secondary N) is 2. The average molecular weight is 409 g/mol. The van der Waals surface area contributed by atoms with Crippen LogP contribution in [0.3, 0.4) is 0 Å². The fourth-order valence-electron chi connectivity index (χ4n) is 3.08. The Labute approximate surface area is 175 Å². The Hall–Kier alpha value is -3.44. The summed E-state index contributed by atoms with van der Waals surface area (Å²) in [5, 5.41) is 19.2. The number of nitrogens with zero attached hydrogens (tertiary/aromatic N) is 2. The molecular weight excluding hydrogens is 382 g/mol. The summed E-state index contributed by atoms with van der Waals surface area (Å²) >= 11 is 0. The van der Waals surface area contributed by atoms with Crippen LogP contribution in [0.2, 0.25) is 0 Å². The first kappa shape index (κ1) is 22.8. The van der Waals surface area contributed by atoms with Gasteiger partial charge < -0.3 is 21.1 Å². The molecule has 0 radical (unpaired) electrons. The van der Waals surface area contributed by atoms with Crippen molar-refractivity contribution in [3.8, 4) is 6.07 Å². The van der Waals surface area contributed by atoms with Gasteiger partial charge in [-0.3, -0.25) is 9.59 Å². The molecule has 0 unspecified atom stereocenters. The van der Waals surface area contributed by atoms with Gasteiger partial charge in [-0.15, -0.1) is 0 Å². The van der Waals surface area contributed by atoms with E-state index in [4.69, 9.17) is 20.9 Å². The lowest BCUT2D eigenvalue weighted by molar-refractivity contribution is -0.134. The number of benzene rings is 1. The standard InChI is InChI=1S/C20H23N5O.C2H4O2/c1-20(2,22)14-8-9-17(16(10-14)13-6-4-3-5-7-13)25-19(26)18-23-12-15(11-21)24-18;1-2(3)4/h6,8-10,12H,3-5,7,22H2,1-2H3,(H,23,24)(H,25,26);1H3,(H,3,4). The highest BCUT2D eigenvalue weighted by Crippen LogP contribution is 2.34. The molecule has 0 fully saturated rings. The molecule has 3 rings (SSSR count). The molecule has 0 spiro atoms. The van der Waals surface area contributed by atoms with Crippen LogP contribution in [0.15, 0.2) is 30.5 Å². The normalized spacial score (nSPS) is 13.4. The van der Waals surface area contributed by atoms with Gasteiger partial charge in [0.1, 0.15) is 11.8 Å². The van der Waals surface area contributed by atoms with E-state index >= 15 is 0 Å². The fraction of sp³-hybridized carbons (Fsp3) is 0.364. The van der Waals surface area contributed by atoms with Gasteiger partial charge in [0, 0.05) is 23.7 Å². The first-order valence-corrected chi connectivity index (χ1v) is 9.70. The SMILES string of the molecule is CC(=O)O.CC(C)(N)c1ccc(NC(=O)c2ncc(C#N)[nH]2)c(C2=CCCCC2)c1. The maximum Gasteiger partial charge on any atom is 0.300 e. The Bertz CT molecular complexity index is 989. The number of aromatic nitrogens is 2. The molecule has 1 aromatic carbocycles. The second kappa shape index (κ2) is 9.85. The van der Waals surface area contributed by atoms with E-state index in [0.29, 0.717) is 0 Å². The number of aliphatic carboxylic acids is 1. The quantitative estimate of drug-likeness (QED) is 0.605. The van der Waals surface area contributed by atoms with Gasteiger partial charge in [-0.25, -0.2) is 4.98 Å². The number of carbonyl (C=O) groups excluding carboxylic acids is 1. The number of aromatic amines is 1. The summed E-state index contributed by atoms with van der Waals surface area (Å²) in [4.78, 5) is 28.2. The molecule has 0 aliphatic heterocycles. The van der Waals surface area contributed by atoms with Crippen LogP contribution < -0.4 is 11.1 Å². The van der Waals surface area contributed by atoms with E-state index in [1.165, 1.54) is 18.2 Å². The van der Waals surface area contributed by atoms with Crippen molar-refractivity contribution in [1.29, 1.82) is 5.26 Å². The molecule has 1 aromatic heterocycles. The highest BCUT2D eigenvalue weighted by Gasteiger charge is 2.20. The minimum absolute atomic E-state index is 0.119. The number of carbonyl (C=O) groups is 2. The Morgan fingerprint density at radius 1 is 1.33 bits per heavy atom. The lowest BCUT2D eigenvalue weighted by Gasteiger charge is -2.23. The molecule has 30 heavy (non-hydrogen) atoms. The lowest BCUT2D eigenvalue weighted by atomic mass is 9.87. The minimum Gasteiger partial charge on any atom is -0.481 e. The number of nitriles is 1. The fourth-order valence-corrected chi connectivity index (χ4v) is 3.08. The maximum atomic E-state index is 12.5. The summed E-state index contributed by atoms with van der Waals surface area (Å²) in [6.45, 7) is 5.01. The van der Waals surface area contributed by atoms with Crippen molar-refractivity contribution in [3.05, 3.63) is 53.1 Å². The maximum absolute atomic E-state index is 12.5. The van der Waals surface area contributed by atoms with Gasteiger partial charge in [-0.05, 0) is 62.8 Å². The van der Waals surface area contributed by atoms with Crippen LogP contribution in [0.4, 0.5) is 5.69 Å². The van der Waals surface area contributed by atoms with Crippen LogP contribution >= 0.6 is 0 Å². The highest BCUT2D eigenvalue weighted by atomic mass is 16.4. The number of allylic oxidation sites excluding steroid dienone is 2. The molecule has 1 aliphatic rings. The van der Waals surface area contributed by atoms with Crippen LogP contribution in [0.1, 0.15) is 73.9 Å². The molecule has 1 amide bonds. The molecular formula is C22H27N5O3. The Morgan fingerprint density at radius 2 is 2.03 bits per heavy atom. The van der Waals surface area contributed by atoms with Crippen molar-refractivity contribution >= 4 is 23.1 Å².